The summed E-state index contributed by atoms with van der Waals surface area (Å²) in [5.41, 5.74) is 7.16. The molecular formula is C12H15NO4. The number of aryl methyl sites for hydroxylation is 1. The molecule has 1 rings (SSSR count). The summed E-state index contributed by atoms with van der Waals surface area (Å²) in [6.07, 6.45) is 0.154. The van der Waals surface area contributed by atoms with Gasteiger partial charge in [0.15, 0.2) is 0 Å². The van der Waals surface area contributed by atoms with Gasteiger partial charge in [0.25, 0.3) is 0 Å². The largest absolute Gasteiger partial charge is 0.478 e. The molecule has 0 amide bonds. The number of aromatic carboxylic acids is 1. The van der Waals surface area contributed by atoms with Crippen molar-refractivity contribution in [2.24, 2.45) is 5.73 Å². The molecule has 0 aliphatic rings. The minimum Gasteiger partial charge on any atom is -0.478 e. The first-order valence-electron chi connectivity index (χ1n) is 5.12. The molecule has 1 aromatic rings. The van der Waals surface area contributed by atoms with Gasteiger partial charge >= 0.3 is 11.9 Å². The molecule has 0 unspecified atom stereocenters. The highest BCUT2D eigenvalue weighted by Gasteiger charge is 2.19. The summed E-state index contributed by atoms with van der Waals surface area (Å²) in [6.45, 7) is 1.78. The molecule has 0 aliphatic heterocycles. The number of ether oxygens (including phenoxy) is 1. The average molecular weight is 237 g/mol. The molecule has 3 N–H and O–H groups in total. The van der Waals surface area contributed by atoms with Crippen LogP contribution in [0.2, 0.25) is 0 Å². The Hall–Kier alpha value is -1.88. The molecule has 0 saturated carbocycles. The van der Waals surface area contributed by atoms with Crippen LogP contribution in [-0.4, -0.2) is 30.2 Å². The lowest BCUT2D eigenvalue weighted by Crippen LogP contribution is -2.34. The Morgan fingerprint density at radius 1 is 1.47 bits per heavy atom. The Morgan fingerprint density at radius 3 is 2.65 bits per heavy atom. The summed E-state index contributed by atoms with van der Waals surface area (Å²) in [5, 5.41) is 9.04. The van der Waals surface area contributed by atoms with E-state index in [1.54, 1.807) is 19.1 Å². The van der Waals surface area contributed by atoms with Gasteiger partial charge in [0.2, 0.25) is 0 Å². The van der Waals surface area contributed by atoms with E-state index in [-0.39, 0.29) is 12.0 Å². The van der Waals surface area contributed by atoms with E-state index >= 15 is 0 Å². The van der Waals surface area contributed by atoms with Crippen molar-refractivity contribution in [2.75, 3.05) is 7.11 Å². The molecule has 0 fully saturated rings. The van der Waals surface area contributed by atoms with Crippen LogP contribution >= 0.6 is 0 Å². The van der Waals surface area contributed by atoms with Crippen molar-refractivity contribution >= 4 is 11.9 Å². The van der Waals surface area contributed by atoms with E-state index in [0.29, 0.717) is 5.56 Å². The highest BCUT2D eigenvalue weighted by molar-refractivity contribution is 5.90. The molecule has 0 bridgehead atoms. The predicted molar refractivity (Wildman–Crippen MR) is 61.8 cm³/mol. The van der Waals surface area contributed by atoms with Gasteiger partial charge in [-0.15, -0.1) is 0 Å². The van der Waals surface area contributed by atoms with Crippen molar-refractivity contribution in [2.45, 2.75) is 19.4 Å². The number of benzene rings is 1. The van der Waals surface area contributed by atoms with Gasteiger partial charge in [-0.3, -0.25) is 4.79 Å². The monoisotopic (exact) mass is 237 g/mol. The van der Waals surface area contributed by atoms with E-state index in [9.17, 15) is 9.59 Å². The minimum absolute atomic E-state index is 0.154. The maximum Gasteiger partial charge on any atom is 0.335 e. The van der Waals surface area contributed by atoms with Crippen molar-refractivity contribution in [1.29, 1.82) is 0 Å². The fourth-order valence-corrected chi connectivity index (χ4v) is 1.63. The van der Waals surface area contributed by atoms with E-state index < -0.39 is 18.0 Å². The van der Waals surface area contributed by atoms with Crippen LogP contribution in [-0.2, 0) is 16.0 Å². The van der Waals surface area contributed by atoms with Gasteiger partial charge < -0.3 is 15.6 Å². The number of carboxylic acid groups (broad SMARTS) is 1. The lowest BCUT2D eigenvalue weighted by atomic mass is 9.96. The van der Waals surface area contributed by atoms with Gasteiger partial charge in [0, 0.05) is 0 Å². The predicted octanol–water partition coefficient (Wildman–Crippen LogP) is 0.736. The Morgan fingerprint density at radius 2 is 2.12 bits per heavy atom. The summed E-state index contributed by atoms with van der Waals surface area (Å²) in [5.74, 6) is -1.58. The van der Waals surface area contributed by atoms with Gasteiger partial charge in [0.05, 0.1) is 12.7 Å². The molecule has 92 valence electrons. The number of carbonyl (C=O) groups is 2. The van der Waals surface area contributed by atoms with E-state index in [2.05, 4.69) is 4.74 Å². The average Bonchev–Trinajstić information content (AvgIpc) is 2.30. The molecule has 0 spiro atoms. The zero-order chi connectivity index (χ0) is 13.0. The Labute approximate surface area is 99.2 Å². The summed E-state index contributed by atoms with van der Waals surface area (Å²) >= 11 is 0. The van der Waals surface area contributed by atoms with Crippen molar-refractivity contribution in [3.63, 3.8) is 0 Å². The second kappa shape index (κ2) is 5.45. The second-order valence-electron chi connectivity index (χ2n) is 3.74. The van der Waals surface area contributed by atoms with Gasteiger partial charge in [-0.25, -0.2) is 4.79 Å². The number of hydrogen-bond acceptors (Lipinski definition) is 4. The first kappa shape index (κ1) is 13.2. The maximum atomic E-state index is 11.2. The van der Waals surface area contributed by atoms with Crippen molar-refractivity contribution in [3.05, 3.63) is 34.9 Å². The van der Waals surface area contributed by atoms with E-state index in [4.69, 9.17) is 10.8 Å². The molecule has 5 nitrogen and oxygen atoms in total. The number of carbonyl (C=O) groups excluding carboxylic acids is 1. The molecule has 0 aromatic heterocycles. The van der Waals surface area contributed by atoms with Gasteiger partial charge in [0.1, 0.15) is 6.04 Å². The van der Waals surface area contributed by atoms with Crippen LogP contribution < -0.4 is 5.73 Å². The number of rotatable bonds is 4. The van der Waals surface area contributed by atoms with Crippen LogP contribution in [0.5, 0.6) is 0 Å². The molecule has 17 heavy (non-hydrogen) atoms. The lowest BCUT2D eigenvalue weighted by molar-refractivity contribution is -0.142. The number of esters is 1. The number of methoxy groups -OCH3 is 1. The third-order valence-corrected chi connectivity index (χ3v) is 2.57. The fraction of sp³-hybridized carbons (Fsp3) is 0.333. The van der Waals surface area contributed by atoms with Gasteiger partial charge in [-0.1, -0.05) is 12.1 Å². The molecule has 1 aromatic carbocycles. The number of nitrogens with two attached hydrogens (primary N) is 1. The van der Waals surface area contributed by atoms with Crippen molar-refractivity contribution in [3.8, 4) is 0 Å². The zero-order valence-electron chi connectivity index (χ0n) is 9.77. The molecule has 0 radical (unpaired) electrons. The summed E-state index contributed by atoms with van der Waals surface area (Å²) < 4.78 is 4.51. The Kier molecular flexibility index (Phi) is 4.23. The van der Waals surface area contributed by atoms with Crippen molar-refractivity contribution in [1.82, 2.24) is 0 Å². The summed E-state index contributed by atoms with van der Waals surface area (Å²) in [6, 6.07) is 4.09. The SMILES string of the molecule is COC(=O)[C@@H](N)Cc1c(C)cccc1C(=O)O. The highest BCUT2D eigenvalue weighted by atomic mass is 16.5. The van der Waals surface area contributed by atoms with Crippen LogP contribution in [0.15, 0.2) is 18.2 Å². The molecule has 1 atom stereocenters. The van der Waals surface area contributed by atoms with Crippen LogP contribution in [0.25, 0.3) is 0 Å². The van der Waals surface area contributed by atoms with E-state index in [0.717, 1.165) is 5.56 Å². The second-order valence-corrected chi connectivity index (χ2v) is 3.74. The normalized spacial score (nSPS) is 11.9. The molecule has 5 heteroatoms. The minimum atomic E-state index is -1.03. The van der Waals surface area contributed by atoms with E-state index in [1.165, 1.54) is 13.2 Å². The Bertz CT molecular complexity index is 442. The molecule has 0 aliphatic carbocycles. The molecular weight excluding hydrogens is 222 g/mol. The van der Waals surface area contributed by atoms with Gasteiger partial charge in [-0.05, 0) is 30.5 Å². The zero-order valence-corrected chi connectivity index (χ0v) is 9.77. The molecule has 0 heterocycles. The standard InChI is InChI=1S/C12H15NO4/c1-7-4-3-5-8(11(14)15)9(7)6-10(13)12(16)17-2/h3-5,10H,6,13H2,1-2H3,(H,14,15)/t10-/m0/s1. The first-order chi connectivity index (χ1) is 7.97. The third kappa shape index (κ3) is 3.04. The van der Waals surface area contributed by atoms with Crippen LogP contribution in [0.1, 0.15) is 21.5 Å². The third-order valence-electron chi connectivity index (χ3n) is 2.57. The van der Waals surface area contributed by atoms with Gasteiger partial charge in [-0.2, -0.15) is 0 Å². The van der Waals surface area contributed by atoms with Crippen molar-refractivity contribution < 1.29 is 19.4 Å². The smallest absolute Gasteiger partial charge is 0.335 e. The van der Waals surface area contributed by atoms with Crippen LogP contribution in [0.3, 0.4) is 0 Å². The fourth-order valence-electron chi connectivity index (χ4n) is 1.63. The summed E-state index contributed by atoms with van der Waals surface area (Å²) in [4.78, 5) is 22.3. The number of hydrogen-bond donors (Lipinski definition) is 2. The van der Waals surface area contributed by atoms with Crippen LogP contribution in [0.4, 0.5) is 0 Å². The maximum absolute atomic E-state index is 11.2. The quantitative estimate of drug-likeness (QED) is 0.754. The lowest BCUT2D eigenvalue weighted by Gasteiger charge is -2.13. The highest BCUT2D eigenvalue weighted by Crippen LogP contribution is 2.16. The topological polar surface area (TPSA) is 89.6 Å². The summed E-state index contributed by atoms with van der Waals surface area (Å²) in [7, 11) is 1.25. The number of carboxylic acids is 1. The van der Waals surface area contributed by atoms with E-state index in [1.807, 2.05) is 0 Å². The first-order valence-corrected chi connectivity index (χ1v) is 5.12. The van der Waals surface area contributed by atoms with Crippen LogP contribution in [0, 0.1) is 6.92 Å². The Balaban J connectivity index is 3.05. The molecule has 0 saturated heterocycles.